The van der Waals surface area contributed by atoms with Crippen molar-refractivity contribution in [3.8, 4) is 0 Å². The van der Waals surface area contributed by atoms with Gasteiger partial charge in [-0.25, -0.2) is 0 Å². The van der Waals surface area contributed by atoms with Crippen molar-refractivity contribution >= 4 is 0 Å². The monoisotopic (exact) mass is 204 g/mol. The van der Waals surface area contributed by atoms with Crippen molar-refractivity contribution in [2.45, 2.75) is 32.3 Å². The molecule has 0 aromatic carbocycles. The lowest BCUT2D eigenvalue weighted by molar-refractivity contribution is -0.0126. The second kappa shape index (κ2) is 2.88. The summed E-state index contributed by atoms with van der Waals surface area (Å²) in [5, 5.41) is 0. The van der Waals surface area contributed by atoms with Crippen molar-refractivity contribution in [2.75, 3.05) is 6.61 Å². The first-order valence-corrected chi connectivity index (χ1v) is 6.68. The smallest absolute Gasteiger partial charge is 0.0608 e. The molecule has 0 radical (unpaired) electrons. The van der Waals surface area contributed by atoms with Crippen LogP contribution in [-0.4, -0.2) is 12.7 Å². The minimum Gasteiger partial charge on any atom is -0.378 e. The first-order chi connectivity index (χ1) is 7.38. The summed E-state index contributed by atoms with van der Waals surface area (Å²) < 4.78 is 5.93. The molecule has 0 N–H and O–H groups in total. The Morgan fingerprint density at radius 3 is 2.67 bits per heavy atom. The minimum absolute atomic E-state index is 0.619. The lowest BCUT2D eigenvalue weighted by Crippen LogP contribution is -2.35. The van der Waals surface area contributed by atoms with Crippen LogP contribution in [0, 0.1) is 35.5 Å². The van der Waals surface area contributed by atoms with Gasteiger partial charge in [-0.3, -0.25) is 0 Å². The first-order valence-electron chi connectivity index (χ1n) is 6.68. The van der Waals surface area contributed by atoms with Gasteiger partial charge in [0.25, 0.3) is 0 Å². The fourth-order valence-electron chi connectivity index (χ4n) is 5.36. The van der Waals surface area contributed by atoms with Gasteiger partial charge in [0.2, 0.25) is 0 Å². The Labute approximate surface area is 91.9 Å². The molecule has 3 saturated carbocycles. The van der Waals surface area contributed by atoms with Gasteiger partial charge in [-0.1, -0.05) is 12.2 Å². The van der Waals surface area contributed by atoms with E-state index in [9.17, 15) is 0 Å². The Bertz CT molecular complexity index is 308. The Hall–Kier alpha value is -0.300. The highest BCUT2D eigenvalue weighted by molar-refractivity contribution is 5.20. The molecule has 0 aliphatic heterocycles. The number of rotatable bonds is 2. The number of ether oxygens (including phenoxy) is 1. The highest BCUT2D eigenvalue weighted by Crippen LogP contribution is 2.65. The number of allylic oxidation sites excluding steroid dienone is 2. The third-order valence-electron chi connectivity index (χ3n) is 5.59. The molecular weight excluding hydrogens is 184 g/mol. The van der Waals surface area contributed by atoms with E-state index in [0.29, 0.717) is 6.10 Å². The highest BCUT2D eigenvalue weighted by atomic mass is 16.5. The molecule has 7 atom stereocenters. The van der Waals surface area contributed by atoms with Crippen LogP contribution in [0.4, 0.5) is 0 Å². The molecule has 0 saturated heterocycles. The van der Waals surface area contributed by atoms with Crippen LogP contribution in [0.3, 0.4) is 0 Å². The van der Waals surface area contributed by atoms with Crippen LogP contribution in [0.5, 0.6) is 0 Å². The average Bonchev–Trinajstić information content (AvgIpc) is 2.95. The van der Waals surface area contributed by atoms with E-state index in [2.05, 4.69) is 19.1 Å². The molecule has 0 amide bonds. The third-order valence-corrected chi connectivity index (χ3v) is 5.59. The predicted molar refractivity (Wildman–Crippen MR) is 59.3 cm³/mol. The summed E-state index contributed by atoms with van der Waals surface area (Å²) in [6.45, 7) is 3.05. The maximum atomic E-state index is 5.93. The molecule has 4 bridgehead atoms. The minimum atomic E-state index is 0.619. The van der Waals surface area contributed by atoms with E-state index in [4.69, 9.17) is 4.74 Å². The number of hydrogen-bond donors (Lipinski definition) is 0. The zero-order valence-electron chi connectivity index (χ0n) is 9.43. The summed E-state index contributed by atoms with van der Waals surface area (Å²) in [5.74, 6) is 5.88. The van der Waals surface area contributed by atoms with E-state index < -0.39 is 0 Å². The fourth-order valence-corrected chi connectivity index (χ4v) is 5.36. The molecule has 3 fully saturated rings. The SMILES string of the molecule is CCOC1CC2CC1C1C3C=CC(C3)C21. The highest BCUT2D eigenvalue weighted by Gasteiger charge is 2.61. The molecule has 1 heteroatoms. The topological polar surface area (TPSA) is 9.23 Å². The molecule has 4 aliphatic rings. The first kappa shape index (κ1) is 8.81. The van der Waals surface area contributed by atoms with Gasteiger partial charge in [-0.05, 0) is 61.7 Å². The van der Waals surface area contributed by atoms with Gasteiger partial charge in [0, 0.05) is 6.61 Å². The van der Waals surface area contributed by atoms with E-state index in [1.807, 2.05) is 0 Å². The molecule has 4 rings (SSSR count). The van der Waals surface area contributed by atoms with Crippen molar-refractivity contribution < 1.29 is 4.74 Å². The van der Waals surface area contributed by atoms with Crippen molar-refractivity contribution in [2.24, 2.45) is 35.5 Å². The Balaban J connectivity index is 1.63. The molecule has 82 valence electrons. The van der Waals surface area contributed by atoms with Gasteiger partial charge in [-0.2, -0.15) is 0 Å². The van der Waals surface area contributed by atoms with Gasteiger partial charge in [0.15, 0.2) is 0 Å². The van der Waals surface area contributed by atoms with Crippen molar-refractivity contribution in [1.29, 1.82) is 0 Å². The molecule has 1 nitrogen and oxygen atoms in total. The van der Waals surface area contributed by atoms with Crippen LogP contribution in [0.25, 0.3) is 0 Å². The van der Waals surface area contributed by atoms with Crippen molar-refractivity contribution in [3.05, 3.63) is 12.2 Å². The molecule has 15 heavy (non-hydrogen) atoms. The molecular formula is C14H20O. The molecule has 0 aromatic rings. The van der Waals surface area contributed by atoms with Crippen LogP contribution in [-0.2, 0) is 4.74 Å². The molecule has 4 aliphatic carbocycles. The summed E-state index contributed by atoms with van der Waals surface area (Å²) in [4.78, 5) is 0. The van der Waals surface area contributed by atoms with Crippen LogP contribution < -0.4 is 0 Å². The normalized spacial score (nSPS) is 59.1. The number of hydrogen-bond acceptors (Lipinski definition) is 1. The van der Waals surface area contributed by atoms with E-state index in [0.717, 1.165) is 42.1 Å². The molecule has 0 aromatic heterocycles. The predicted octanol–water partition coefficient (Wildman–Crippen LogP) is 2.87. The van der Waals surface area contributed by atoms with Crippen molar-refractivity contribution in [1.82, 2.24) is 0 Å². The maximum absolute atomic E-state index is 5.93. The average molecular weight is 204 g/mol. The van der Waals surface area contributed by atoms with Crippen LogP contribution in [0.15, 0.2) is 12.2 Å². The quantitative estimate of drug-likeness (QED) is 0.496. The van der Waals surface area contributed by atoms with Gasteiger partial charge < -0.3 is 4.74 Å². The standard InChI is InChI=1S/C14H20O/c1-2-15-12-7-10-6-11(12)14-9-4-3-8(5-9)13(10)14/h3-4,8-14H,2,5-7H2,1H3. The number of fused-ring (bicyclic) bond motifs is 9. The second-order valence-electron chi connectivity index (χ2n) is 5.99. The molecule has 0 heterocycles. The van der Waals surface area contributed by atoms with Gasteiger partial charge >= 0.3 is 0 Å². The lowest BCUT2D eigenvalue weighted by Gasteiger charge is -2.36. The molecule has 0 spiro atoms. The van der Waals surface area contributed by atoms with Gasteiger partial charge in [-0.15, -0.1) is 0 Å². The van der Waals surface area contributed by atoms with E-state index in [1.165, 1.54) is 19.3 Å². The van der Waals surface area contributed by atoms with Crippen LogP contribution in [0.1, 0.15) is 26.2 Å². The van der Waals surface area contributed by atoms with Gasteiger partial charge in [0.05, 0.1) is 6.10 Å². The Morgan fingerprint density at radius 2 is 1.87 bits per heavy atom. The fraction of sp³-hybridized carbons (Fsp3) is 0.857. The third kappa shape index (κ3) is 0.982. The Morgan fingerprint density at radius 1 is 1.07 bits per heavy atom. The lowest BCUT2D eigenvalue weighted by atomic mass is 9.72. The van der Waals surface area contributed by atoms with E-state index in [1.54, 1.807) is 0 Å². The molecule has 7 unspecified atom stereocenters. The summed E-state index contributed by atoms with van der Waals surface area (Å²) in [7, 11) is 0. The van der Waals surface area contributed by atoms with Crippen LogP contribution in [0.2, 0.25) is 0 Å². The van der Waals surface area contributed by atoms with E-state index >= 15 is 0 Å². The zero-order chi connectivity index (χ0) is 9.99. The maximum Gasteiger partial charge on any atom is 0.0608 e. The second-order valence-corrected chi connectivity index (χ2v) is 5.99. The van der Waals surface area contributed by atoms with Gasteiger partial charge in [0.1, 0.15) is 0 Å². The van der Waals surface area contributed by atoms with Crippen molar-refractivity contribution in [3.63, 3.8) is 0 Å². The van der Waals surface area contributed by atoms with Crippen LogP contribution >= 0.6 is 0 Å². The van der Waals surface area contributed by atoms with E-state index in [-0.39, 0.29) is 0 Å². The summed E-state index contributed by atoms with van der Waals surface area (Å²) in [6, 6.07) is 0. The summed E-state index contributed by atoms with van der Waals surface area (Å²) in [5.41, 5.74) is 0. The zero-order valence-corrected chi connectivity index (χ0v) is 9.43. The summed E-state index contributed by atoms with van der Waals surface area (Å²) >= 11 is 0. The largest absolute Gasteiger partial charge is 0.378 e. The Kier molecular flexibility index (Phi) is 1.69. The summed E-state index contributed by atoms with van der Waals surface area (Å²) in [6.07, 6.45) is 9.97.